The lowest BCUT2D eigenvalue weighted by Crippen LogP contribution is -2.55. The summed E-state index contributed by atoms with van der Waals surface area (Å²) in [6, 6.07) is 14.8. The first-order chi connectivity index (χ1) is 15.3. The minimum Gasteiger partial charge on any atom is -0.350 e. The second-order valence-corrected chi connectivity index (χ2v) is 11.3. The third-order valence-corrected chi connectivity index (χ3v) is 6.23. The molecular weight excluding hydrogens is 462 g/mol. The predicted octanol–water partition coefficient (Wildman–Crippen LogP) is 3.83. The molecule has 2 rings (SSSR count). The number of rotatable bonds is 9. The van der Waals surface area contributed by atoms with Gasteiger partial charge in [-0.15, -0.1) is 0 Å². The van der Waals surface area contributed by atoms with Crippen LogP contribution in [-0.2, 0) is 26.2 Å². The molecule has 0 aromatic heterocycles. The van der Waals surface area contributed by atoms with Gasteiger partial charge in [0, 0.05) is 17.1 Å². The van der Waals surface area contributed by atoms with Crippen LogP contribution in [-0.4, -0.2) is 49.5 Å². The molecule has 7 nitrogen and oxygen atoms in total. The molecule has 1 N–H and O–H groups in total. The van der Waals surface area contributed by atoms with E-state index in [9.17, 15) is 18.0 Å². The highest BCUT2D eigenvalue weighted by molar-refractivity contribution is 7.92. The summed E-state index contributed by atoms with van der Waals surface area (Å²) in [6.07, 6.45) is 1.41. The van der Waals surface area contributed by atoms with Gasteiger partial charge in [0.15, 0.2) is 0 Å². The fraction of sp³-hybridized carbons (Fsp3) is 0.417. The molecule has 9 heteroatoms. The largest absolute Gasteiger partial charge is 0.350 e. The molecule has 2 aromatic carbocycles. The summed E-state index contributed by atoms with van der Waals surface area (Å²) in [5, 5.41) is 3.28. The molecule has 1 atom stereocenters. The highest BCUT2D eigenvalue weighted by Gasteiger charge is 2.33. The summed E-state index contributed by atoms with van der Waals surface area (Å²) >= 11 is 6.05. The zero-order valence-corrected chi connectivity index (χ0v) is 21.3. The van der Waals surface area contributed by atoms with E-state index in [2.05, 4.69) is 5.32 Å². The van der Waals surface area contributed by atoms with Gasteiger partial charge >= 0.3 is 0 Å². The molecule has 0 aliphatic carbocycles. The van der Waals surface area contributed by atoms with Gasteiger partial charge in [0.2, 0.25) is 21.8 Å². The number of benzene rings is 2. The lowest BCUT2D eigenvalue weighted by atomic mass is 10.1. The average Bonchev–Trinajstić information content (AvgIpc) is 2.70. The molecule has 0 aliphatic heterocycles. The maximum Gasteiger partial charge on any atom is 0.244 e. The molecule has 2 aromatic rings. The van der Waals surface area contributed by atoms with Gasteiger partial charge in [0.1, 0.15) is 12.6 Å². The van der Waals surface area contributed by atoms with E-state index in [0.717, 1.165) is 16.1 Å². The van der Waals surface area contributed by atoms with Crippen LogP contribution in [0.15, 0.2) is 54.6 Å². The maximum atomic E-state index is 13.5. The van der Waals surface area contributed by atoms with Crippen molar-refractivity contribution >= 4 is 39.1 Å². The van der Waals surface area contributed by atoms with Crippen LogP contribution in [0.1, 0.15) is 39.7 Å². The fourth-order valence-electron chi connectivity index (χ4n) is 3.40. The Kier molecular flexibility index (Phi) is 8.91. The van der Waals surface area contributed by atoms with E-state index >= 15 is 0 Å². The van der Waals surface area contributed by atoms with E-state index in [1.807, 2.05) is 58.0 Å². The Morgan fingerprint density at radius 2 is 1.70 bits per heavy atom. The number of nitrogens with one attached hydrogen (secondary N) is 1. The van der Waals surface area contributed by atoms with E-state index in [0.29, 0.717) is 11.4 Å². The second-order valence-electron chi connectivity index (χ2n) is 8.92. The zero-order chi connectivity index (χ0) is 24.8. The number of halogens is 1. The molecule has 33 heavy (non-hydrogen) atoms. The molecule has 0 saturated heterocycles. The van der Waals surface area contributed by atoms with Crippen molar-refractivity contribution < 1.29 is 18.0 Å². The number of sulfonamides is 1. The van der Waals surface area contributed by atoms with Crippen LogP contribution < -0.4 is 9.62 Å². The lowest BCUT2D eigenvalue weighted by Gasteiger charge is -2.34. The average molecular weight is 494 g/mol. The molecule has 0 fully saturated rings. The van der Waals surface area contributed by atoms with Crippen LogP contribution in [0.2, 0.25) is 5.02 Å². The number of amides is 2. The Bertz CT molecular complexity index is 1070. The fourth-order valence-corrected chi connectivity index (χ4v) is 4.42. The minimum absolute atomic E-state index is 0.170. The van der Waals surface area contributed by atoms with E-state index in [4.69, 9.17) is 11.6 Å². The van der Waals surface area contributed by atoms with Gasteiger partial charge in [0.25, 0.3) is 0 Å². The second kappa shape index (κ2) is 11.0. The minimum atomic E-state index is -3.79. The summed E-state index contributed by atoms with van der Waals surface area (Å²) in [7, 11) is -3.79. The van der Waals surface area contributed by atoms with Crippen LogP contribution >= 0.6 is 11.6 Å². The molecule has 0 aliphatic rings. The van der Waals surface area contributed by atoms with Crippen molar-refractivity contribution in [1.82, 2.24) is 10.2 Å². The first-order valence-electron chi connectivity index (χ1n) is 10.7. The quantitative estimate of drug-likeness (QED) is 0.575. The molecule has 0 radical (unpaired) electrons. The molecule has 0 heterocycles. The summed E-state index contributed by atoms with van der Waals surface area (Å²) in [5.74, 6) is -0.775. The van der Waals surface area contributed by atoms with Crippen LogP contribution in [0.5, 0.6) is 0 Å². The molecule has 180 valence electrons. The summed E-state index contributed by atoms with van der Waals surface area (Å²) < 4.78 is 26.1. The van der Waals surface area contributed by atoms with Crippen molar-refractivity contribution in [2.24, 2.45) is 0 Å². The van der Waals surface area contributed by atoms with Gasteiger partial charge in [0.05, 0.1) is 11.9 Å². The van der Waals surface area contributed by atoms with Crippen molar-refractivity contribution in [3.8, 4) is 0 Å². The monoisotopic (exact) mass is 493 g/mol. The Morgan fingerprint density at radius 1 is 1.06 bits per heavy atom. The third kappa shape index (κ3) is 8.05. The van der Waals surface area contributed by atoms with E-state index in [-0.39, 0.29) is 18.1 Å². The van der Waals surface area contributed by atoms with Crippen molar-refractivity contribution in [3.05, 3.63) is 65.2 Å². The van der Waals surface area contributed by atoms with E-state index < -0.39 is 34.1 Å². The van der Waals surface area contributed by atoms with Crippen molar-refractivity contribution in [2.45, 2.75) is 52.2 Å². The molecule has 0 saturated carbocycles. The molecule has 2 amide bonds. The Morgan fingerprint density at radius 3 is 2.21 bits per heavy atom. The van der Waals surface area contributed by atoms with Gasteiger partial charge in [-0.05, 0) is 51.0 Å². The van der Waals surface area contributed by atoms with Crippen molar-refractivity contribution in [1.29, 1.82) is 0 Å². The summed E-state index contributed by atoms with van der Waals surface area (Å²) in [4.78, 5) is 28.1. The van der Waals surface area contributed by atoms with Crippen LogP contribution in [0.25, 0.3) is 0 Å². The first-order valence-corrected chi connectivity index (χ1v) is 12.9. The Labute approximate surface area is 201 Å². The smallest absolute Gasteiger partial charge is 0.244 e. The molecular formula is C24H32ClN3O4S. The standard InChI is InChI=1S/C24H32ClN3O4S/c1-6-21(23(30)26-24(2,3)4)27(16-18-11-8-7-9-12-18)22(29)17-28(33(5,31)32)20-14-10-13-19(25)15-20/h7-15,21H,6,16-17H2,1-5H3,(H,26,30). The molecule has 0 bridgehead atoms. The predicted molar refractivity (Wildman–Crippen MR) is 133 cm³/mol. The summed E-state index contributed by atoms with van der Waals surface area (Å²) in [6.45, 7) is 7.14. The molecule has 1 unspecified atom stereocenters. The normalized spacial score (nSPS) is 12.7. The Balaban J connectivity index is 2.43. The van der Waals surface area contributed by atoms with Gasteiger partial charge in [-0.25, -0.2) is 8.42 Å². The number of hydrogen-bond donors (Lipinski definition) is 1. The van der Waals surface area contributed by atoms with E-state index in [1.54, 1.807) is 18.2 Å². The maximum absolute atomic E-state index is 13.5. The van der Waals surface area contributed by atoms with E-state index in [1.165, 1.54) is 11.0 Å². The van der Waals surface area contributed by atoms with Gasteiger partial charge in [-0.1, -0.05) is 54.9 Å². The van der Waals surface area contributed by atoms with Crippen LogP contribution in [0.3, 0.4) is 0 Å². The van der Waals surface area contributed by atoms with Crippen LogP contribution in [0.4, 0.5) is 5.69 Å². The van der Waals surface area contributed by atoms with Gasteiger partial charge in [-0.2, -0.15) is 0 Å². The summed E-state index contributed by atoms with van der Waals surface area (Å²) in [5.41, 5.74) is 0.637. The number of carbonyl (C=O) groups excluding carboxylic acids is 2. The zero-order valence-electron chi connectivity index (χ0n) is 19.7. The van der Waals surface area contributed by atoms with Crippen molar-refractivity contribution in [3.63, 3.8) is 0 Å². The Hall–Kier alpha value is -2.58. The topological polar surface area (TPSA) is 86.8 Å². The number of nitrogens with zero attached hydrogens (tertiary/aromatic N) is 2. The number of hydrogen-bond acceptors (Lipinski definition) is 4. The lowest BCUT2D eigenvalue weighted by molar-refractivity contribution is -0.141. The first kappa shape index (κ1) is 26.7. The van der Waals surface area contributed by atoms with Gasteiger partial charge < -0.3 is 10.2 Å². The number of anilines is 1. The number of carbonyl (C=O) groups is 2. The van der Waals surface area contributed by atoms with Gasteiger partial charge in [-0.3, -0.25) is 13.9 Å². The highest BCUT2D eigenvalue weighted by Crippen LogP contribution is 2.23. The van der Waals surface area contributed by atoms with Crippen molar-refractivity contribution in [2.75, 3.05) is 17.1 Å². The van der Waals surface area contributed by atoms with Crippen LogP contribution in [0, 0.1) is 0 Å². The third-order valence-electron chi connectivity index (χ3n) is 4.86. The SMILES string of the molecule is CCC(C(=O)NC(C)(C)C)N(Cc1ccccc1)C(=O)CN(c1cccc(Cl)c1)S(C)(=O)=O. The highest BCUT2D eigenvalue weighted by atomic mass is 35.5. The molecule has 0 spiro atoms.